The number of ether oxygens (including phenoxy) is 3. The second-order valence-electron chi connectivity index (χ2n) is 6.46. The number of hydrogen-bond donors (Lipinski definition) is 1. The summed E-state index contributed by atoms with van der Waals surface area (Å²) in [6, 6.07) is 18.0. The summed E-state index contributed by atoms with van der Waals surface area (Å²) in [5.74, 6) is 1.71. The van der Waals surface area contributed by atoms with Crippen molar-refractivity contribution >= 4 is 24.0 Å². The number of hydrogen-bond acceptors (Lipinski definition) is 4. The molecule has 0 saturated carbocycles. The van der Waals surface area contributed by atoms with Gasteiger partial charge < -0.3 is 19.5 Å². The van der Waals surface area contributed by atoms with E-state index in [0.717, 1.165) is 17.9 Å². The molecule has 0 saturated heterocycles. The average Bonchev–Trinajstić information content (AvgIpc) is 2.74. The summed E-state index contributed by atoms with van der Waals surface area (Å²) in [6.45, 7) is 1.66. The van der Waals surface area contributed by atoms with Crippen molar-refractivity contribution in [2.24, 2.45) is 0 Å². The molecule has 1 N–H and O–H groups in total. The molecule has 0 aromatic heterocycles. The molecule has 4 nitrogen and oxygen atoms in total. The second-order valence-corrected chi connectivity index (χ2v) is 6.87. The first kappa shape index (κ1) is 23.8. The first-order chi connectivity index (χ1) is 14.1. The van der Waals surface area contributed by atoms with Gasteiger partial charge in [0.25, 0.3) is 0 Å². The third-order valence-corrected chi connectivity index (χ3v) is 4.80. The van der Waals surface area contributed by atoms with E-state index in [9.17, 15) is 4.39 Å². The van der Waals surface area contributed by atoms with E-state index in [1.165, 1.54) is 17.7 Å². The Bertz CT molecular complexity index is 952. The lowest BCUT2D eigenvalue weighted by Gasteiger charge is -2.13. The number of rotatable bonds is 9. The van der Waals surface area contributed by atoms with Crippen LogP contribution in [0, 0.1) is 5.82 Å². The van der Waals surface area contributed by atoms with Crippen LogP contribution in [0.5, 0.6) is 17.2 Å². The Morgan fingerprint density at radius 1 is 0.833 bits per heavy atom. The lowest BCUT2D eigenvalue weighted by atomic mass is 10.1. The van der Waals surface area contributed by atoms with Crippen LogP contribution in [0.2, 0.25) is 5.02 Å². The van der Waals surface area contributed by atoms with Crippen LogP contribution in [0.4, 0.5) is 4.39 Å². The van der Waals surface area contributed by atoms with Gasteiger partial charge >= 0.3 is 0 Å². The minimum atomic E-state index is -0.372. The molecule has 3 aromatic carbocycles. The lowest BCUT2D eigenvalue weighted by Crippen LogP contribution is -2.12. The fourth-order valence-electron chi connectivity index (χ4n) is 2.83. The van der Waals surface area contributed by atoms with Crippen LogP contribution in [-0.4, -0.2) is 14.2 Å². The molecule has 0 atom stereocenters. The van der Waals surface area contributed by atoms with Crippen molar-refractivity contribution in [3.05, 3.63) is 88.2 Å². The molecule has 0 heterocycles. The van der Waals surface area contributed by atoms with Crippen LogP contribution >= 0.6 is 24.0 Å². The van der Waals surface area contributed by atoms with Gasteiger partial charge in [-0.3, -0.25) is 0 Å². The van der Waals surface area contributed by atoms with Crippen molar-refractivity contribution < 1.29 is 18.6 Å². The number of methoxy groups -OCH3 is 2. The SMILES string of the molecule is COc1ccc(CNCc2ccc(OCc3ccc(F)cc3Cl)c(OC)c2)cc1.Cl. The van der Waals surface area contributed by atoms with E-state index < -0.39 is 0 Å². The van der Waals surface area contributed by atoms with Gasteiger partial charge in [0.2, 0.25) is 0 Å². The molecule has 0 unspecified atom stereocenters. The van der Waals surface area contributed by atoms with E-state index in [1.807, 2.05) is 42.5 Å². The summed E-state index contributed by atoms with van der Waals surface area (Å²) in [5.41, 5.74) is 2.96. The molecule has 30 heavy (non-hydrogen) atoms. The lowest BCUT2D eigenvalue weighted by molar-refractivity contribution is 0.284. The molecule has 0 bridgehead atoms. The number of benzene rings is 3. The maximum absolute atomic E-state index is 13.2. The molecule has 0 fully saturated rings. The molecule has 0 spiro atoms. The summed E-state index contributed by atoms with van der Waals surface area (Å²) in [4.78, 5) is 0. The van der Waals surface area contributed by atoms with Gasteiger partial charge in [-0.05, 0) is 47.5 Å². The Morgan fingerprint density at radius 3 is 2.20 bits per heavy atom. The number of nitrogens with one attached hydrogen (secondary N) is 1. The smallest absolute Gasteiger partial charge is 0.161 e. The molecule has 0 aliphatic carbocycles. The summed E-state index contributed by atoms with van der Waals surface area (Å²) < 4.78 is 29.6. The fourth-order valence-corrected chi connectivity index (χ4v) is 3.05. The highest BCUT2D eigenvalue weighted by Gasteiger charge is 2.08. The molecule has 0 aliphatic rings. The Kier molecular flexibility index (Phi) is 9.24. The number of halogens is 3. The van der Waals surface area contributed by atoms with Crippen molar-refractivity contribution in [1.82, 2.24) is 5.32 Å². The van der Waals surface area contributed by atoms with Gasteiger partial charge in [0.05, 0.1) is 19.2 Å². The molecule has 3 aromatic rings. The van der Waals surface area contributed by atoms with E-state index in [-0.39, 0.29) is 24.8 Å². The Morgan fingerprint density at radius 2 is 1.53 bits per heavy atom. The molecular weight excluding hydrogens is 428 g/mol. The Balaban J connectivity index is 0.00000320. The van der Waals surface area contributed by atoms with Crippen molar-refractivity contribution in [3.63, 3.8) is 0 Å². The standard InChI is InChI=1S/C23H23ClFNO3.ClH/c1-27-20-8-3-16(4-9-20)13-26-14-17-5-10-22(23(11-17)28-2)29-15-18-6-7-19(25)12-21(18)24;/h3-12,26H,13-15H2,1-2H3;1H. The van der Waals surface area contributed by atoms with Crippen LogP contribution in [-0.2, 0) is 19.7 Å². The van der Waals surface area contributed by atoms with Gasteiger partial charge in [-0.25, -0.2) is 4.39 Å². The Labute approximate surface area is 187 Å². The summed E-state index contributed by atoms with van der Waals surface area (Å²) in [7, 11) is 3.25. The van der Waals surface area contributed by atoms with Gasteiger partial charge in [0.1, 0.15) is 18.2 Å². The highest BCUT2D eigenvalue weighted by Crippen LogP contribution is 2.30. The molecule has 0 amide bonds. The first-order valence-corrected chi connectivity index (χ1v) is 9.54. The molecule has 0 aliphatic heterocycles. The van der Waals surface area contributed by atoms with E-state index in [1.54, 1.807) is 20.3 Å². The molecule has 160 valence electrons. The minimum Gasteiger partial charge on any atom is -0.497 e. The minimum absolute atomic E-state index is 0. The van der Waals surface area contributed by atoms with Crippen molar-refractivity contribution in [2.75, 3.05) is 14.2 Å². The normalized spacial score (nSPS) is 10.3. The van der Waals surface area contributed by atoms with Gasteiger partial charge in [-0.1, -0.05) is 35.9 Å². The monoisotopic (exact) mass is 451 g/mol. The third-order valence-electron chi connectivity index (χ3n) is 4.44. The zero-order valence-corrected chi connectivity index (χ0v) is 18.4. The summed E-state index contributed by atoms with van der Waals surface area (Å²) in [6.07, 6.45) is 0. The molecular formula is C23H24Cl2FNO3. The zero-order valence-electron chi connectivity index (χ0n) is 16.8. The van der Waals surface area contributed by atoms with Gasteiger partial charge in [0.15, 0.2) is 11.5 Å². The molecule has 3 rings (SSSR count). The average molecular weight is 452 g/mol. The predicted octanol–water partition coefficient (Wildman–Crippen LogP) is 5.79. The topological polar surface area (TPSA) is 39.7 Å². The van der Waals surface area contributed by atoms with E-state index >= 15 is 0 Å². The molecule has 0 radical (unpaired) electrons. The van der Waals surface area contributed by atoms with Crippen LogP contribution < -0.4 is 19.5 Å². The van der Waals surface area contributed by atoms with E-state index in [2.05, 4.69) is 5.32 Å². The highest BCUT2D eigenvalue weighted by atomic mass is 35.5. The van der Waals surface area contributed by atoms with E-state index in [0.29, 0.717) is 28.6 Å². The fraction of sp³-hybridized carbons (Fsp3) is 0.217. The summed E-state index contributed by atoms with van der Waals surface area (Å²) in [5, 5.41) is 3.74. The van der Waals surface area contributed by atoms with Gasteiger partial charge in [-0.2, -0.15) is 0 Å². The Hall–Kier alpha value is -2.47. The third kappa shape index (κ3) is 6.52. The second kappa shape index (κ2) is 11.6. The van der Waals surface area contributed by atoms with Crippen molar-refractivity contribution in [1.29, 1.82) is 0 Å². The van der Waals surface area contributed by atoms with E-state index in [4.69, 9.17) is 25.8 Å². The van der Waals surface area contributed by atoms with Crippen LogP contribution in [0.3, 0.4) is 0 Å². The zero-order chi connectivity index (χ0) is 20.6. The van der Waals surface area contributed by atoms with Crippen LogP contribution in [0.1, 0.15) is 16.7 Å². The van der Waals surface area contributed by atoms with Crippen LogP contribution in [0.25, 0.3) is 0 Å². The molecule has 7 heteroatoms. The first-order valence-electron chi connectivity index (χ1n) is 9.16. The van der Waals surface area contributed by atoms with Gasteiger partial charge in [-0.15, -0.1) is 12.4 Å². The maximum atomic E-state index is 13.2. The maximum Gasteiger partial charge on any atom is 0.161 e. The van der Waals surface area contributed by atoms with Crippen molar-refractivity contribution in [2.45, 2.75) is 19.7 Å². The highest BCUT2D eigenvalue weighted by molar-refractivity contribution is 6.31. The summed E-state index contributed by atoms with van der Waals surface area (Å²) >= 11 is 6.05. The largest absolute Gasteiger partial charge is 0.497 e. The quantitative estimate of drug-likeness (QED) is 0.447. The van der Waals surface area contributed by atoms with Crippen molar-refractivity contribution in [3.8, 4) is 17.2 Å². The van der Waals surface area contributed by atoms with Crippen LogP contribution in [0.15, 0.2) is 60.7 Å². The predicted molar refractivity (Wildman–Crippen MR) is 120 cm³/mol. The van der Waals surface area contributed by atoms with Gasteiger partial charge in [0, 0.05) is 18.7 Å².